The molecule has 1 aliphatic rings. The molecular formula is C13H14Cl2N2. The molecular weight excluding hydrogens is 255 g/mol. The Morgan fingerprint density at radius 2 is 2.12 bits per heavy atom. The molecule has 1 heterocycles. The van der Waals surface area contributed by atoms with Gasteiger partial charge in [-0.25, -0.2) is 0 Å². The zero-order valence-electron chi connectivity index (χ0n) is 9.42. The van der Waals surface area contributed by atoms with Gasteiger partial charge in [-0.2, -0.15) is 0 Å². The van der Waals surface area contributed by atoms with E-state index < -0.39 is 0 Å². The molecule has 0 saturated heterocycles. The van der Waals surface area contributed by atoms with Crippen LogP contribution < -0.4 is 5.32 Å². The molecule has 1 aliphatic carbocycles. The number of hydrogen-bond acceptors (Lipinski definition) is 1. The van der Waals surface area contributed by atoms with Crippen LogP contribution in [-0.4, -0.2) is 17.2 Å². The second-order valence-corrected chi connectivity index (χ2v) is 5.40. The summed E-state index contributed by atoms with van der Waals surface area (Å²) in [5.74, 6) is 0. The number of nitrogens with one attached hydrogen (secondary N) is 1. The van der Waals surface area contributed by atoms with Crippen LogP contribution in [0, 0.1) is 0 Å². The van der Waals surface area contributed by atoms with Crippen molar-refractivity contribution in [3.8, 4) is 0 Å². The number of fused-ring (bicyclic) bond motifs is 1. The van der Waals surface area contributed by atoms with Crippen molar-refractivity contribution in [3.63, 3.8) is 0 Å². The Labute approximate surface area is 111 Å². The first-order valence-corrected chi connectivity index (χ1v) is 6.67. The molecule has 0 atom stereocenters. The van der Waals surface area contributed by atoms with Crippen LogP contribution in [-0.2, 0) is 6.54 Å². The van der Waals surface area contributed by atoms with Crippen molar-refractivity contribution in [2.24, 2.45) is 0 Å². The second-order valence-electron chi connectivity index (χ2n) is 4.56. The van der Waals surface area contributed by atoms with Crippen LogP contribution in [0.25, 0.3) is 10.9 Å². The summed E-state index contributed by atoms with van der Waals surface area (Å²) < 4.78 is 2.20. The van der Waals surface area contributed by atoms with Gasteiger partial charge in [-0.3, -0.25) is 0 Å². The van der Waals surface area contributed by atoms with Crippen LogP contribution in [0.1, 0.15) is 12.8 Å². The number of hydrogen-bond donors (Lipinski definition) is 1. The van der Waals surface area contributed by atoms with Gasteiger partial charge in [0.2, 0.25) is 0 Å². The van der Waals surface area contributed by atoms with E-state index in [9.17, 15) is 0 Å². The van der Waals surface area contributed by atoms with Gasteiger partial charge in [0.25, 0.3) is 0 Å². The molecule has 0 spiro atoms. The molecule has 1 N–H and O–H groups in total. The Bertz CT molecular complexity index is 544. The Kier molecular flexibility index (Phi) is 3.03. The lowest BCUT2D eigenvalue weighted by atomic mass is 10.2. The molecule has 0 radical (unpaired) electrons. The molecule has 4 heteroatoms. The van der Waals surface area contributed by atoms with Crippen molar-refractivity contribution in [2.45, 2.75) is 25.4 Å². The minimum atomic E-state index is 0.692. The van der Waals surface area contributed by atoms with E-state index in [2.05, 4.69) is 16.1 Å². The Morgan fingerprint density at radius 3 is 2.88 bits per heavy atom. The van der Waals surface area contributed by atoms with E-state index >= 15 is 0 Å². The first kappa shape index (κ1) is 11.4. The second kappa shape index (κ2) is 4.52. The third kappa shape index (κ3) is 2.44. The van der Waals surface area contributed by atoms with E-state index in [-0.39, 0.29) is 0 Å². The maximum Gasteiger partial charge on any atom is 0.0514 e. The van der Waals surface area contributed by atoms with Gasteiger partial charge in [0, 0.05) is 35.7 Å². The third-order valence-electron chi connectivity index (χ3n) is 3.17. The maximum atomic E-state index is 6.16. The average Bonchev–Trinajstić information content (AvgIpc) is 3.01. The largest absolute Gasteiger partial charge is 0.346 e. The van der Waals surface area contributed by atoms with Gasteiger partial charge < -0.3 is 9.88 Å². The number of aromatic nitrogens is 1. The lowest BCUT2D eigenvalue weighted by molar-refractivity contribution is 0.606. The molecule has 3 rings (SSSR count). The summed E-state index contributed by atoms with van der Waals surface area (Å²) in [5.41, 5.74) is 1.11. The monoisotopic (exact) mass is 268 g/mol. The molecule has 0 amide bonds. The van der Waals surface area contributed by atoms with E-state index in [1.165, 1.54) is 12.8 Å². The van der Waals surface area contributed by atoms with Crippen molar-refractivity contribution >= 4 is 34.1 Å². The summed E-state index contributed by atoms with van der Waals surface area (Å²) in [7, 11) is 0. The molecule has 1 fully saturated rings. The highest BCUT2D eigenvalue weighted by molar-refractivity contribution is 6.38. The lowest BCUT2D eigenvalue weighted by Gasteiger charge is -2.07. The van der Waals surface area contributed by atoms with Crippen LogP contribution in [0.4, 0.5) is 0 Å². The SMILES string of the molecule is Clc1cc(Cl)c2ccn(CCNC3CC3)c2c1. The van der Waals surface area contributed by atoms with Gasteiger partial charge in [-0.15, -0.1) is 0 Å². The molecule has 2 nitrogen and oxygen atoms in total. The first-order valence-electron chi connectivity index (χ1n) is 5.91. The van der Waals surface area contributed by atoms with E-state index in [0.717, 1.165) is 35.1 Å². The van der Waals surface area contributed by atoms with Crippen molar-refractivity contribution < 1.29 is 0 Å². The normalized spacial score (nSPS) is 15.6. The molecule has 0 bridgehead atoms. The van der Waals surface area contributed by atoms with Gasteiger partial charge in [0.1, 0.15) is 0 Å². The number of nitrogens with zero attached hydrogens (tertiary/aromatic N) is 1. The molecule has 90 valence electrons. The van der Waals surface area contributed by atoms with Crippen molar-refractivity contribution in [1.82, 2.24) is 9.88 Å². The summed E-state index contributed by atoms with van der Waals surface area (Å²) in [4.78, 5) is 0. The molecule has 1 saturated carbocycles. The third-order valence-corrected chi connectivity index (χ3v) is 3.70. The molecule has 0 unspecified atom stereocenters. The lowest BCUT2D eigenvalue weighted by Crippen LogP contribution is -2.21. The summed E-state index contributed by atoms with van der Waals surface area (Å²) in [6, 6.07) is 6.56. The number of benzene rings is 1. The van der Waals surface area contributed by atoms with Gasteiger partial charge >= 0.3 is 0 Å². The minimum Gasteiger partial charge on any atom is -0.346 e. The molecule has 1 aromatic carbocycles. The molecule has 2 aromatic rings. The van der Waals surface area contributed by atoms with Crippen LogP contribution in [0.5, 0.6) is 0 Å². The molecule has 0 aliphatic heterocycles. The van der Waals surface area contributed by atoms with Gasteiger partial charge in [0.05, 0.1) is 10.5 Å². The Balaban J connectivity index is 1.83. The highest BCUT2D eigenvalue weighted by Gasteiger charge is 2.19. The van der Waals surface area contributed by atoms with Gasteiger partial charge in [-0.05, 0) is 31.0 Å². The van der Waals surface area contributed by atoms with Gasteiger partial charge in [0.15, 0.2) is 0 Å². The fraction of sp³-hybridized carbons (Fsp3) is 0.385. The highest BCUT2D eigenvalue weighted by atomic mass is 35.5. The summed E-state index contributed by atoms with van der Waals surface area (Å²) in [6.07, 6.45) is 4.72. The Morgan fingerprint density at radius 1 is 1.29 bits per heavy atom. The van der Waals surface area contributed by atoms with Crippen LogP contribution in [0.2, 0.25) is 10.0 Å². The molecule has 17 heavy (non-hydrogen) atoms. The topological polar surface area (TPSA) is 17.0 Å². The summed E-state index contributed by atoms with van der Waals surface area (Å²) >= 11 is 12.2. The predicted molar refractivity (Wildman–Crippen MR) is 73.0 cm³/mol. The molecule has 1 aromatic heterocycles. The number of halogens is 2. The van der Waals surface area contributed by atoms with Gasteiger partial charge in [-0.1, -0.05) is 23.2 Å². The van der Waals surface area contributed by atoms with Crippen LogP contribution in [0.3, 0.4) is 0 Å². The van der Waals surface area contributed by atoms with E-state index in [0.29, 0.717) is 5.02 Å². The van der Waals surface area contributed by atoms with Crippen molar-refractivity contribution in [3.05, 3.63) is 34.4 Å². The maximum absolute atomic E-state index is 6.16. The average molecular weight is 269 g/mol. The minimum absolute atomic E-state index is 0.692. The standard InChI is InChI=1S/C13H14Cl2N2/c14-9-7-12(15)11-3-5-17(13(11)8-9)6-4-16-10-1-2-10/h3,5,7-8,10,16H,1-2,4,6H2. The fourth-order valence-electron chi connectivity index (χ4n) is 2.09. The zero-order chi connectivity index (χ0) is 11.8. The summed E-state index contributed by atoms with van der Waals surface area (Å²) in [5, 5.41) is 5.99. The smallest absolute Gasteiger partial charge is 0.0514 e. The Hall–Kier alpha value is -0.700. The number of rotatable bonds is 4. The van der Waals surface area contributed by atoms with E-state index in [1.807, 2.05) is 12.1 Å². The van der Waals surface area contributed by atoms with E-state index in [1.54, 1.807) is 6.07 Å². The first-order chi connectivity index (χ1) is 8.24. The zero-order valence-corrected chi connectivity index (χ0v) is 10.9. The van der Waals surface area contributed by atoms with Crippen molar-refractivity contribution in [2.75, 3.05) is 6.54 Å². The van der Waals surface area contributed by atoms with E-state index in [4.69, 9.17) is 23.2 Å². The van der Waals surface area contributed by atoms with Crippen molar-refractivity contribution in [1.29, 1.82) is 0 Å². The predicted octanol–water partition coefficient (Wildman–Crippen LogP) is 3.70. The quantitative estimate of drug-likeness (QED) is 0.895. The van der Waals surface area contributed by atoms with Crippen LogP contribution in [0.15, 0.2) is 24.4 Å². The fourth-order valence-corrected chi connectivity index (χ4v) is 2.64. The highest BCUT2D eigenvalue weighted by Crippen LogP contribution is 2.28. The van der Waals surface area contributed by atoms with Crippen LogP contribution >= 0.6 is 23.2 Å². The summed E-state index contributed by atoms with van der Waals surface area (Å²) in [6.45, 7) is 1.95.